The van der Waals surface area contributed by atoms with Crippen LogP contribution < -0.4 is 16.0 Å². The van der Waals surface area contributed by atoms with Gasteiger partial charge in [-0.15, -0.1) is 0 Å². The molecule has 3 N–H and O–H groups in total. The lowest BCUT2D eigenvalue weighted by atomic mass is 10.2. The van der Waals surface area contributed by atoms with E-state index >= 15 is 0 Å². The fourth-order valence-corrected chi connectivity index (χ4v) is 2.15. The van der Waals surface area contributed by atoms with Crippen LogP contribution in [0.1, 0.15) is 19.4 Å². The van der Waals surface area contributed by atoms with Crippen LogP contribution in [0.2, 0.25) is 0 Å². The molecule has 0 radical (unpaired) electrons. The minimum absolute atomic E-state index is 0.148. The van der Waals surface area contributed by atoms with E-state index in [-0.39, 0.29) is 24.1 Å². The molecule has 0 unspecified atom stereocenters. The van der Waals surface area contributed by atoms with Gasteiger partial charge in [-0.2, -0.15) is 13.2 Å². The van der Waals surface area contributed by atoms with Crippen LogP contribution in [-0.2, 0) is 15.8 Å². The molecule has 0 bridgehead atoms. The molecule has 0 aliphatic rings. The van der Waals surface area contributed by atoms with Crippen LogP contribution in [0.5, 0.6) is 0 Å². The summed E-state index contributed by atoms with van der Waals surface area (Å²) >= 11 is 0. The van der Waals surface area contributed by atoms with Crippen molar-refractivity contribution < 1.29 is 22.8 Å². The molecule has 0 saturated carbocycles. The normalized spacial score (nSPS) is 11.2. The van der Waals surface area contributed by atoms with Crippen LogP contribution in [0.4, 0.5) is 30.2 Å². The Labute approximate surface area is 155 Å². The number of nitrogens with one attached hydrogen (secondary N) is 3. The minimum atomic E-state index is -4.44. The van der Waals surface area contributed by atoms with Gasteiger partial charge in [0.05, 0.1) is 12.1 Å². The molecular weight excluding hydrogens is 359 g/mol. The molecule has 144 valence electrons. The molecule has 2 amide bonds. The van der Waals surface area contributed by atoms with Crippen molar-refractivity contribution in [2.45, 2.75) is 20.0 Å². The molecule has 5 nitrogen and oxygen atoms in total. The zero-order chi connectivity index (χ0) is 20.0. The van der Waals surface area contributed by atoms with Crippen molar-refractivity contribution in [2.24, 2.45) is 5.92 Å². The van der Waals surface area contributed by atoms with E-state index in [4.69, 9.17) is 0 Å². The Bertz CT molecular complexity index is 820. The Morgan fingerprint density at radius 1 is 0.926 bits per heavy atom. The lowest BCUT2D eigenvalue weighted by Gasteiger charge is -2.12. The Kier molecular flexibility index (Phi) is 6.44. The van der Waals surface area contributed by atoms with Crippen LogP contribution in [0, 0.1) is 5.92 Å². The second kappa shape index (κ2) is 8.57. The first-order valence-electron chi connectivity index (χ1n) is 8.27. The second-order valence-electron chi connectivity index (χ2n) is 6.21. The molecule has 0 aliphatic heterocycles. The lowest BCUT2D eigenvalue weighted by Crippen LogP contribution is -2.22. The van der Waals surface area contributed by atoms with Crippen LogP contribution in [-0.4, -0.2) is 18.4 Å². The summed E-state index contributed by atoms with van der Waals surface area (Å²) in [6.45, 7) is 3.32. The number of alkyl halides is 3. The van der Waals surface area contributed by atoms with Gasteiger partial charge in [0.15, 0.2) is 0 Å². The van der Waals surface area contributed by atoms with E-state index in [1.54, 1.807) is 38.1 Å². The van der Waals surface area contributed by atoms with E-state index in [2.05, 4.69) is 16.0 Å². The molecule has 2 aromatic carbocycles. The average molecular weight is 379 g/mol. The van der Waals surface area contributed by atoms with Crippen molar-refractivity contribution in [3.05, 3.63) is 54.1 Å². The fourth-order valence-electron chi connectivity index (χ4n) is 2.15. The van der Waals surface area contributed by atoms with Crippen LogP contribution in [0.25, 0.3) is 0 Å². The Balaban J connectivity index is 1.94. The number of anilines is 3. The number of hydrogen-bond donors (Lipinski definition) is 3. The lowest BCUT2D eigenvalue weighted by molar-refractivity contribution is -0.137. The van der Waals surface area contributed by atoms with Gasteiger partial charge in [-0.1, -0.05) is 26.0 Å². The largest absolute Gasteiger partial charge is 0.416 e. The molecule has 0 aliphatic carbocycles. The number of rotatable bonds is 6. The molecule has 2 aromatic rings. The molecule has 2 rings (SSSR count). The number of hydrogen-bond acceptors (Lipinski definition) is 3. The van der Waals surface area contributed by atoms with Crippen molar-refractivity contribution in [3.63, 3.8) is 0 Å². The van der Waals surface area contributed by atoms with Crippen molar-refractivity contribution in [1.29, 1.82) is 0 Å². The summed E-state index contributed by atoms with van der Waals surface area (Å²) in [5.74, 6) is -0.760. The zero-order valence-electron chi connectivity index (χ0n) is 14.9. The highest BCUT2D eigenvalue weighted by atomic mass is 19.4. The van der Waals surface area contributed by atoms with Gasteiger partial charge >= 0.3 is 6.18 Å². The maximum atomic E-state index is 12.7. The van der Waals surface area contributed by atoms with Crippen molar-refractivity contribution >= 4 is 28.9 Å². The molecule has 0 aromatic heterocycles. The first kappa shape index (κ1) is 20.3. The summed E-state index contributed by atoms with van der Waals surface area (Å²) in [6.07, 6.45) is -4.44. The first-order chi connectivity index (χ1) is 12.6. The Morgan fingerprint density at radius 3 is 2.15 bits per heavy atom. The smallest absolute Gasteiger partial charge is 0.376 e. The SMILES string of the molecule is CC(C)C(=O)Nc1cccc(NC(=O)CNc2cccc(C(F)(F)F)c2)c1. The predicted molar refractivity (Wildman–Crippen MR) is 98.5 cm³/mol. The van der Waals surface area contributed by atoms with Gasteiger partial charge in [0.25, 0.3) is 0 Å². The summed E-state index contributed by atoms with van der Waals surface area (Å²) in [4.78, 5) is 23.7. The highest BCUT2D eigenvalue weighted by Crippen LogP contribution is 2.30. The molecule has 0 atom stereocenters. The molecule has 0 saturated heterocycles. The zero-order valence-corrected chi connectivity index (χ0v) is 14.9. The number of carbonyl (C=O) groups excluding carboxylic acids is 2. The van der Waals surface area contributed by atoms with E-state index in [0.29, 0.717) is 11.4 Å². The van der Waals surface area contributed by atoms with Gasteiger partial charge in [0, 0.05) is 23.0 Å². The van der Waals surface area contributed by atoms with Crippen LogP contribution in [0.15, 0.2) is 48.5 Å². The molecule has 8 heteroatoms. The summed E-state index contributed by atoms with van der Waals surface area (Å²) < 4.78 is 38.1. The van der Waals surface area contributed by atoms with E-state index in [0.717, 1.165) is 12.1 Å². The standard InChI is InChI=1S/C19H20F3N3O2/c1-12(2)18(27)25-16-8-4-7-15(10-16)24-17(26)11-23-14-6-3-5-13(9-14)19(20,21)22/h3-10,12,23H,11H2,1-2H3,(H,24,26)(H,25,27). The van der Waals surface area contributed by atoms with Gasteiger partial charge in [0.2, 0.25) is 11.8 Å². The van der Waals surface area contributed by atoms with Crippen LogP contribution in [0.3, 0.4) is 0 Å². The molecule has 0 heterocycles. The van der Waals surface area contributed by atoms with Gasteiger partial charge in [0.1, 0.15) is 0 Å². The molecule has 0 fully saturated rings. The fraction of sp³-hybridized carbons (Fsp3) is 0.263. The Hall–Kier alpha value is -3.03. The number of benzene rings is 2. The van der Waals surface area contributed by atoms with Gasteiger partial charge < -0.3 is 16.0 Å². The third kappa shape index (κ3) is 6.32. The van der Waals surface area contributed by atoms with Crippen molar-refractivity contribution in [1.82, 2.24) is 0 Å². The average Bonchev–Trinajstić information content (AvgIpc) is 2.59. The van der Waals surface area contributed by atoms with E-state index in [1.165, 1.54) is 12.1 Å². The molecular formula is C19H20F3N3O2. The van der Waals surface area contributed by atoms with Crippen molar-refractivity contribution in [2.75, 3.05) is 22.5 Å². The summed E-state index contributed by atoms with van der Waals surface area (Å²) in [5.41, 5.74) is 0.407. The predicted octanol–water partition coefficient (Wildman–Crippen LogP) is 4.35. The quantitative estimate of drug-likeness (QED) is 0.699. The van der Waals surface area contributed by atoms with Gasteiger partial charge in [-0.3, -0.25) is 9.59 Å². The molecule has 27 heavy (non-hydrogen) atoms. The van der Waals surface area contributed by atoms with Crippen molar-refractivity contribution in [3.8, 4) is 0 Å². The minimum Gasteiger partial charge on any atom is -0.376 e. The summed E-state index contributed by atoms with van der Waals surface area (Å²) in [6, 6.07) is 11.2. The third-order valence-electron chi connectivity index (χ3n) is 3.58. The van der Waals surface area contributed by atoms with Crippen LogP contribution >= 0.6 is 0 Å². The number of amides is 2. The summed E-state index contributed by atoms with van der Waals surface area (Å²) in [5, 5.41) is 8.00. The highest BCUT2D eigenvalue weighted by molar-refractivity contribution is 5.96. The van der Waals surface area contributed by atoms with E-state index < -0.39 is 17.6 Å². The maximum Gasteiger partial charge on any atom is 0.416 e. The summed E-state index contributed by atoms with van der Waals surface area (Å²) in [7, 11) is 0. The molecule has 0 spiro atoms. The van der Waals surface area contributed by atoms with E-state index in [9.17, 15) is 22.8 Å². The third-order valence-corrected chi connectivity index (χ3v) is 3.58. The maximum absolute atomic E-state index is 12.7. The first-order valence-corrected chi connectivity index (χ1v) is 8.27. The monoisotopic (exact) mass is 379 g/mol. The van der Waals surface area contributed by atoms with Gasteiger partial charge in [-0.05, 0) is 36.4 Å². The van der Waals surface area contributed by atoms with Gasteiger partial charge in [-0.25, -0.2) is 0 Å². The topological polar surface area (TPSA) is 70.2 Å². The number of halogens is 3. The second-order valence-corrected chi connectivity index (χ2v) is 6.21. The Morgan fingerprint density at radius 2 is 1.52 bits per heavy atom. The highest BCUT2D eigenvalue weighted by Gasteiger charge is 2.30. The number of carbonyl (C=O) groups is 2. The van der Waals surface area contributed by atoms with E-state index in [1.807, 2.05) is 0 Å².